The average Bonchev–Trinajstić information content (AvgIpc) is 2.29. The van der Waals surface area contributed by atoms with Crippen molar-refractivity contribution in [2.75, 3.05) is 13.7 Å². The zero-order chi connectivity index (χ0) is 13.8. The molecule has 0 amide bonds. The summed E-state index contributed by atoms with van der Waals surface area (Å²) in [4.78, 5) is 11.0. The first-order chi connectivity index (χ1) is 8.36. The Labute approximate surface area is 108 Å². The van der Waals surface area contributed by atoms with Gasteiger partial charge >= 0.3 is 5.97 Å². The summed E-state index contributed by atoms with van der Waals surface area (Å²) < 4.78 is 5.29. The molecule has 0 aliphatic heterocycles. The number of nitrogens with one attached hydrogen (secondary N) is 1. The fourth-order valence-electron chi connectivity index (χ4n) is 1.69. The summed E-state index contributed by atoms with van der Waals surface area (Å²) in [6.45, 7) is 5.93. The summed E-state index contributed by atoms with van der Waals surface area (Å²) in [6.07, 6.45) is 0.738. The predicted molar refractivity (Wildman–Crippen MR) is 71.2 cm³/mol. The lowest BCUT2D eigenvalue weighted by Gasteiger charge is -2.21. The molecule has 100 valence electrons. The van der Waals surface area contributed by atoms with E-state index in [2.05, 4.69) is 11.4 Å². The van der Waals surface area contributed by atoms with Gasteiger partial charge in [0.05, 0.1) is 7.11 Å². The van der Waals surface area contributed by atoms with Crippen LogP contribution in [0.1, 0.15) is 25.0 Å². The van der Waals surface area contributed by atoms with E-state index in [1.54, 1.807) is 21.0 Å². The fourth-order valence-corrected chi connectivity index (χ4v) is 1.69. The molecule has 0 atom stereocenters. The van der Waals surface area contributed by atoms with Gasteiger partial charge in [-0.3, -0.25) is 4.79 Å². The monoisotopic (exact) mass is 251 g/mol. The molecule has 0 unspecified atom stereocenters. The maximum Gasteiger partial charge on any atom is 0.323 e. The number of aryl methyl sites for hydroxylation is 1. The van der Waals surface area contributed by atoms with Crippen molar-refractivity contribution in [3.05, 3.63) is 29.3 Å². The number of benzene rings is 1. The highest BCUT2D eigenvalue weighted by atomic mass is 16.5. The Morgan fingerprint density at radius 1 is 1.44 bits per heavy atom. The number of carboxylic acid groups (broad SMARTS) is 1. The minimum atomic E-state index is -0.906. The van der Waals surface area contributed by atoms with E-state index >= 15 is 0 Å². The topological polar surface area (TPSA) is 58.6 Å². The van der Waals surface area contributed by atoms with Crippen molar-refractivity contribution < 1.29 is 14.6 Å². The van der Waals surface area contributed by atoms with Gasteiger partial charge in [-0.2, -0.15) is 0 Å². The number of rotatable bonds is 6. The Morgan fingerprint density at radius 3 is 2.67 bits per heavy atom. The zero-order valence-electron chi connectivity index (χ0n) is 11.4. The molecular formula is C14H21NO3. The number of carbonyl (C=O) groups is 1. The van der Waals surface area contributed by atoms with Gasteiger partial charge in [-0.05, 0) is 38.8 Å². The highest BCUT2D eigenvalue weighted by Crippen LogP contribution is 2.20. The second-order valence-corrected chi connectivity index (χ2v) is 4.92. The van der Waals surface area contributed by atoms with Gasteiger partial charge < -0.3 is 15.2 Å². The molecular weight excluding hydrogens is 230 g/mol. The molecule has 0 spiro atoms. The summed E-state index contributed by atoms with van der Waals surface area (Å²) in [5, 5.41) is 12.0. The third-order valence-electron chi connectivity index (χ3n) is 2.93. The third-order valence-corrected chi connectivity index (χ3v) is 2.93. The zero-order valence-corrected chi connectivity index (χ0v) is 11.4. The Hall–Kier alpha value is -1.55. The molecule has 0 bridgehead atoms. The van der Waals surface area contributed by atoms with E-state index in [1.807, 2.05) is 19.1 Å². The van der Waals surface area contributed by atoms with Crippen molar-refractivity contribution in [1.29, 1.82) is 0 Å². The van der Waals surface area contributed by atoms with Crippen LogP contribution in [-0.2, 0) is 11.2 Å². The Balaban J connectivity index is 2.64. The second kappa shape index (κ2) is 5.87. The Kier molecular flexibility index (Phi) is 4.73. The van der Waals surface area contributed by atoms with Crippen LogP contribution in [-0.4, -0.2) is 30.3 Å². The number of carboxylic acids is 1. The molecule has 18 heavy (non-hydrogen) atoms. The van der Waals surface area contributed by atoms with E-state index in [4.69, 9.17) is 9.84 Å². The minimum Gasteiger partial charge on any atom is -0.496 e. The molecule has 0 saturated heterocycles. The van der Waals surface area contributed by atoms with Gasteiger partial charge in [-0.15, -0.1) is 0 Å². The fraction of sp³-hybridized carbons (Fsp3) is 0.500. The SMILES string of the molecule is COc1ccc(C)cc1CCNC(C)(C)C(=O)O. The molecule has 4 nitrogen and oxygen atoms in total. The van der Waals surface area contributed by atoms with E-state index in [0.717, 1.165) is 17.7 Å². The summed E-state index contributed by atoms with van der Waals surface area (Å²) in [6, 6.07) is 6.00. The molecule has 0 aromatic heterocycles. The molecule has 2 N–H and O–H groups in total. The summed E-state index contributed by atoms with van der Waals surface area (Å²) in [5.74, 6) is -0.00533. The van der Waals surface area contributed by atoms with Crippen molar-refractivity contribution in [1.82, 2.24) is 5.32 Å². The lowest BCUT2D eigenvalue weighted by molar-refractivity contribution is -0.143. The van der Waals surface area contributed by atoms with Gasteiger partial charge in [0.1, 0.15) is 11.3 Å². The largest absolute Gasteiger partial charge is 0.496 e. The standard InChI is InChI=1S/C14H21NO3/c1-10-5-6-12(18-4)11(9-10)7-8-15-14(2,3)13(16)17/h5-6,9,15H,7-8H2,1-4H3,(H,16,17). The first-order valence-electron chi connectivity index (χ1n) is 5.99. The number of hydrogen-bond donors (Lipinski definition) is 2. The predicted octanol–water partition coefficient (Wildman–Crippen LogP) is 2.00. The smallest absolute Gasteiger partial charge is 0.323 e. The van der Waals surface area contributed by atoms with E-state index in [1.165, 1.54) is 5.56 Å². The van der Waals surface area contributed by atoms with E-state index in [-0.39, 0.29) is 0 Å². The van der Waals surface area contributed by atoms with Crippen LogP contribution in [0.5, 0.6) is 5.75 Å². The average molecular weight is 251 g/mol. The van der Waals surface area contributed by atoms with Crippen LogP contribution in [0.2, 0.25) is 0 Å². The quantitative estimate of drug-likeness (QED) is 0.812. The first kappa shape index (κ1) is 14.5. The number of methoxy groups -OCH3 is 1. The molecule has 1 rings (SSSR count). The van der Waals surface area contributed by atoms with Crippen LogP contribution in [0, 0.1) is 6.92 Å². The molecule has 1 aromatic carbocycles. The highest BCUT2D eigenvalue weighted by molar-refractivity contribution is 5.77. The van der Waals surface area contributed by atoms with Gasteiger partial charge in [-0.1, -0.05) is 17.7 Å². The summed E-state index contributed by atoms with van der Waals surface area (Å²) >= 11 is 0. The van der Waals surface area contributed by atoms with Crippen molar-refractivity contribution in [2.45, 2.75) is 32.7 Å². The molecule has 1 aromatic rings. The summed E-state index contributed by atoms with van der Waals surface area (Å²) in [7, 11) is 1.64. The number of ether oxygens (including phenoxy) is 1. The normalized spacial score (nSPS) is 11.3. The van der Waals surface area contributed by atoms with Gasteiger partial charge in [0.2, 0.25) is 0 Å². The summed E-state index contributed by atoms with van der Waals surface area (Å²) in [5.41, 5.74) is 1.35. The van der Waals surface area contributed by atoms with E-state index in [9.17, 15) is 4.79 Å². The minimum absolute atomic E-state index is 0.596. The van der Waals surface area contributed by atoms with Crippen LogP contribution >= 0.6 is 0 Å². The number of hydrogen-bond acceptors (Lipinski definition) is 3. The maximum absolute atomic E-state index is 11.0. The molecule has 0 saturated carbocycles. The highest BCUT2D eigenvalue weighted by Gasteiger charge is 2.25. The van der Waals surface area contributed by atoms with Crippen LogP contribution in [0.25, 0.3) is 0 Å². The molecule has 4 heteroatoms. The van der Waals surface area contributed by atoms with Gasteiger partial charge in [0, 0.05) is 6.54 Å². The van der Waals surface area contributed by atoms with Crippen molar-refractivity contribution in [3.8, 4) is 5.75 Å². The second-order valence-electron chi connectivity index (χ2n) is 4.92. The molecule has 0 fully saturated rings. The number of aliphatic carboxylic acids is 1. The van der Waals surface area contributed by atoms with Gasteiger partial charge in [0.15, 0.2) is 0 Å². The van der Waals surface area contributed by atoms with Gasteiger partial charge in [-0.25, -0.2) is 0 Å². The van der Waals surface area contributed by atoms with Crippen molar-refractivity contribution in [2.24, 2.45) is 0 Å². The Morgan fingerprint density at radius 2 is 2.11 bits per heavy atom. The van der Waals surface area contributed by atoms with Crippen LogP contribution in [0.3, 0.4) is 0 Å². The first-order valence-corrected chi connectivity index (χ1v) is 5.99. The van der Waals surface area contributed by atoms with E-state index < -0.39 is 11.5 Å². The molecule has 0 aliphatic rings. The van der Waals surface area contributed by atoms with Gasteiger partial charge in [0.25, 0.3) is 0 Å². The van der Waals surface area contributed by atoms with Crippen LogP contribution < -0.4 is 10.1 Å². The van der Waals surface area contributed by atoms with Crippen molar-refractivity contribution in [3.63, 3.8) is 0 Å². The lowest BCUT2D eigenvalue weighted by Crippen LogP contribution is -2.47. The third kappa shape index (κ3) is 3.74. The van der Waals surface area contributed by atoms with E-state index in [0.29, 0.717) is 6.54 Å². The maximum atomic E-state index is 11.0. The molecule has 0 heterocycles. The van der Waals surface area contributed by atoms with Crippen molar-refractivity contribution >= 4 is 5.97 Å². The van der Waals surface area contributed by atoms with Crippen LogP contribution in [0.4, 0.5) is 0 Å². The lowest BCUT2D eigenvalue weighted by atomic mass is 10.0. The van der Waals surface area contributed by atoms with Crippen LogP contribution in [0.15, 0.2) is 18.2 Å². The molecule has 0 radical (unpaired) electrons. The Bertz CT molecular complexity index is 427. The molecule has 0 aliphatic carbocycles.